The van der Waals surface area contributed by atoms with Crippen LogP contribution in [0.1, 0.15) is 41.7 Å². The van der Waals surface area contributed by atoms with Crippen LogP contribution < -0.4 is 11.0 Å². The summed E-state index contributed by atoms with van der Waals surface area (Å²) in [4.78, 5) is 30.7. The van der Waals surface area contributed by atoms with E-state index in [0.29, 0.717) is 33.9 Å². The van der Waals surface area contributed by atoms with Gasteiger partial charge in [0, 0.05) is 24.2 Å². The van der Waals surface area contributed by atoms with Crippen molar-refractivity contribution < 1.29 is 4.79 Å². The highest BCUT2D eigenvalue weighted by atomic mass is 35.5. The predicted molar refractivity (Wildman–Crippen MR) is 149 cm³/mol. The van der Waals surface area contributed by atoms with E-state index in [1.54, 1.807) is 23.8 Å². The Kier molecular flexibility index (Phi) is 6.45. The zero-order valence-electron chi connectivity index (χ0n) is 20.7. The van der Waals surface area contributed by atoms with Gasteiger partial charge in [-0.3, -0.25) is 24.0 Å². The molecule has 10 heteroatoms. The Morgan fingerprint density at radius 3 is 2.63 bits per heavy atom. The Morgan fingerprint density at radius 2 is 1.84 bits per heavy atom. The SMILES string of the molecule is Cc1ncc(Cl)cc1C(=O)NC1CCC(Cn2c(=O)n(-c3ccc4[nH]nc(Cl)c4c3)c3ccccc32)CC1. The van der Waals surface area contributed by atoms with Crippen LogP contribution in [-0.2, 0) is 6.54 Å². The number of hydrogen-bond acceptors (Lipinski definition) is 4. The van der Waals surface area contributed by atoms with Gasteiger partial charge < -0.3 is 5.32 Å². The highest BCUT2D eigenvalue weighted by Gasteiger charge is 2.26. The molecule has 3 heterocycles. The number of imidazole rings is 1. The molecule has 1 amide bonds. The molecule has 1 fully saturated rings. The largest absolute Gasteiger partial charge is 0.349 e. The quantitative estimate of drug-likeness (QED) is 0.295. The molecule has 0 aliphatic heterocycles. The number of aromatic nitrogens is 5. The van der Waals surface area contributed by atoms with Crippen LogP contribution >= 0.6 is 23.2 Å². The number of carbonyl (C=O) groups is 1. The van der Waals surface area contributed by atoms with E-state index in [2.05, 4.69) is 20.5 Å². The molecule has 1 aliphatic rings. The van der Waals surface area contributed by atoms with Gasteiger partial charge in [-0.1, -0.05) is 35.3 Å². The van der Waals surface area contributed by atoms with E-state index in [9.17, 15) is 9.59 Å². The number of benzene rings is 2. The van der Waals surface area contributed by atoms with E-state index in [-0.39, 0.29) is 17.6 Å². The van der Waals surface area contributed by atoms with Crippen LogP contribution in [0.5, 0.6) is 0 Å². The number of rotatable bonds is 5. The lowest BCUT2D eigenvalue weighted by molar-refractivity contribution is 0.0919. The number of halogens is 2. The maximum Gasteiger partial charge on any atom is 0.333 e. The highest BCUT2D eigenvalue weighted by molar-refractivity contribution is 6.34. The Bertz CT molecular complexity index is 1730. The van der Waals surface area contributed by atoms with Crippen molar-refractivity contribution in [1.29, 1.82) is 0 Å². The zero-order chi connectivity index (χ0) is 26.4. The average molecular weight is 549 g/mol. The van der Waals surface area contributed by atoms with E-state index in [0.717, 1.165) is 53.3 Å². The van der Waals surface area contributed by atoms with Gasteiger partial charge in [0.15, 0.2) is 5.15 Å². The summed E-state index contributed by atoms with van der Waals surface area (Å²) >= 11 is 12.3. The monoisotopic (exact) mass is 548 g/mol. The Morgan fingerprint density at radius 1 is 1.08 bits per heavy atom. The second-order valence-corrected chi connectivity index (χ2v) is 10.7. The van der Waals surface area contributed by atoms with Gasteiger partial charge in [-0.25, -0.2) is 4.79 Å². The van der Waals surface area contributed by atoms with Crippen LogP contribution in [0.15, 0.2) is 59.5 Å². The third-order valence-electron chi connectivity index (χ3n) is 7.51. The molecule has 0 bridgehead atoms. The molecule has 1 aliphatic carbocycles. The number of pyridine rings is 1. The van der Waals surface area contributed by atoms with Crippen LogP contribution in [0.4, 0.5) is 0 Å². The first-order chi connectivity index (χ1) is 18.4. The molecule has 3 aromatic heterocycles. The molecular formula is C28H26Cl2N6O2. The van der Waals surface area contributed by atoms with Gasteiger partial charge >= 0.3 is 5.69 Å². The number of para-hydroxylation sites is 2. The standard InChI is InChI=1S/C28H26Cl2N6O2/c1-16-21(12-18(29)14-31-16)27(37)32-19-8-6-17(7-9-19)15-35-24-4-2-3-5-25(24)36(28(35)38)20-10-11-23-22(13-20)26(30)34-33-23/h2-5,10-14,17,19H,6-9,15H2,1H3,(H,32,37)(H,33,34). The van der Waals surface area contributed by atoms with Crippen molar-refractivity contribution in [1.82, 2.24) is 29.6 Å². The fourth-order valence-electron chi connectivity index (χ4n) is 5.49. The summed E-state index contributed by atoms with van der Waals surface area (Å²) in [6.07, 6.45) is 5.09. The van der Waals surface area contributed by atoms with Gasteiger partial charge in [0.2, 0.25) is 0 Å². The molecule has 1 saturated carbocycles. The molecule has 0 spiro atoms. The second-order valence-electron chi connectivity index (χ2n) is 9.94. The predicted octanol–water partition coefficient (Wildman–Crippen LogP) is 5.67. The van der Waals surface area contributed by atoms with Crippen molar-refractivity contribution in [2.24, 2.45) is 5.92 Å². The van der Waals surface area contributed by atoms with Crippen molar-refractivity contribution in [2.75, 3.05) is 0 Å². The van der Waals surface area contributed by atoms with Crippen LogP contribution in [0.3, 0.4) is 0 Å². The average Bonchev–Trinajstić information content (AvgIpc) is 3.43. The number of aromatic amines is 1. The number of carbonyl (C=O) groups excluding carboxylic acids is 1. The Balaban J connectivity index is 1.21. The Hall–Kier alpha value is -3.62. The van der Waals surface area contributed by atoms with Gasteiger partial charge in [0.25, 0.3) is 5.91 Å². The smallest absolute Gasteiger partial charge is 0.333 e. The van der Waals surface area contributed by atoms with Crippen LogP contribution in [0.2, 0.25) is 10.2 Å². The number of fused-ring (bicyclic) bond motifs is 2. The molecule has 5 aromatic rings. The summed E-state index contributed by atoms with van der Waals surface area (Å²) in [5.41, 5.74) is 4.40. The van der Waals surface area contributed by atoms with Crippen LogP contribution in [0.25, 0.3) is 27.6 Å². The molecule has 0 atom stereocenters. The molecule has 2 N–H and O–H groups in total. The number of nitrogens with one attached hydrogen (secondary N) is 2. The lowest BCUT2D eigenvalue weighted by Crippen LogP contribution is -2.39. The lowest BCUT2D eigenvalue weighted by atomic mass is 9.85. The number of hydrogen-bond donors (Lipinski definition) is 2. The molecule has 0 radical (unpaired) electrons. The minimum Gasteiger partial charge on any atom is -0.349 e. The van der Waals surface area contributed by atoms with Gasteiger partial charge in [0.05, 0.1) is 38.5 Å². The van der Waals surface area contributed by atoms with Crippen molar-refractivity contribution in [3.8, 4) is 5.69 Å². The molecule has 8 nitrogen and oxygen atoms in total. The number of nitrogens with zero attached hydrogens (tertiary/aromatic N) is 4. The number of amides is 1. The maximum absolute atomic E-state index is 13.7. The maximum atomic E-state index is 13.7. The third kappa shape index (κ3) is 4.48. The van der Waals surface area contributed by atoms with E-state index in [1.807, 2.05) is 47.0 Å². The summed E-state index contributed by atoms with van der Waals surface area (Å²) in [5, 5.41) is 11.7. The molecule has 6 rings (SSSR count). The number of aryl methyl sites for hydroxylation is 1. The minimum absolute atomic E-state index is 0.0791. The topological polar surface area (TPSA) is 97.6 Å². The molecular weight excluding hydrogens is 523 g/mol. The van der Waals surface area contributed by atoms with Gasteiger partial charge in [-0.15, -0.1) is 0 Å². The van der Waals surface area contributed by atoms with Crippen LogP contribution in [0, 0.1) is 12.8 Å². The third-order valence-corrected chi connectivity index (χ3v) is 8.01. The van der Waals surface area contributed by atoms with Gasteiger partial charge in [0.1, 0.15) is 0 Å². The molecule has 38 heavy (non-hydrogen) atoms. The molecule has 194 valence electrons. The zero-order valence-corrected chi connectivity index (χ0v) is 22.3. The van der Waals surface area contributed by atoms with Crippen molar-refractivity contribution >= 4 is 51.0 Å². The summed E-state index contributed by atoms with van der Waals surface area (Å²) in [6, 6.07) is 15.3. The van der Waals surface area contributed by atoms with Gasteiger partial charge in [-0.05, 0) is 74.9 Å². The van der Waals surface area contributed by atoms with Crippen molar-refractivity contribution in [3.05, 3.63) is 86.6 Å². The Labute approximate surface area is 228 Å². The van der Waals surface area contributed by atoms with E-state index in [1.165, 1.54) is 0 Å². The first kappa shape index (κ1) is 24.7. The molecule has 2 aromatic carbocycles. The van der Waals surface area contributed by atoms with Crippen molar-refractivity contribution in [3.63, 3.8) is 0 Å². The van der Waals surface area contributed by atoms with Gasteiger partial charge in [-0.2, -0.15) is 5.10 Å². The van der Waals surface area contributed by atoms with E-state index < -0.39 is 0 Å². The summed E-state index contributed by atoms with van der Waals surface area (Å²) in [6.45, 7) is 2.43. The second kappa shape index (κ2) is 9.93. The summed E-state index contributed by atoms with van der Waals surface area (Å²) in [5.74, 6) is 0.190. The minimum atomic E-state index is -0.144. The normalized spacial score (nSPS) is 17.8. The highest BCUT2D eigenvalue weighted by Crippen LogP contribution is 2.29. The molecule has 0 unspecified atom stereocenters. The van der Waals surface area contributed by atoms with Crippen molar-refractivity contribution in [2.45, 2.75) is 45.2 Å². The molecule has 0 saturated heterocycles. The van der Waals surface area contributed by atoms with E-state index in [4.69, 9.17) is 23.2 Å². The summed E-state index contributed by atoms with van der Waals surface area (Å²) in [7, 11) is 0. The first-order valence-corrected chi connectivity index (χ1v) is 13.4. The van der Waals surface area contributed by atoms with Crippen LogP contribution in [-0.4, -0.2) is 36.3 Å². The number of H-pyrrole nitrogens is 1. The first-order valence-electron chi connectivity index (χ1n) is 12.7. The van der Waals surface area contributed by atoms with E-state index >= 15 is 0 Å². The summed E-state index contributed by atoms with van der Waals surface area (Å²) < 4.78 is 3.62. The lowest BCUT2D eigenvalue weighted by Gasteiger charge is -2.29. The fraction of sp³-hybridized carbons (Fsp3) is 0.286. The fourth-order valence-corrected chi connectivity index (χ4v) is 5.85.